The number of ether oxygens (including phenoxy) is 2. The lowest BCUT2D eigenvalue weighted by molar-refractivity contribution is -0.121. The average Bonchev–Trinajstić information content (AvgIpc) is 3.25. The first-order chi connectivity index (χ1) is 16.5. The maximum absolute atomic E-state index is 12.8. The summed E-state index contributed by atoms with van der Waals surface area (Å²) in [6.45, 7) is 0.620. The van der Waals surface area contributed by atoms with Gasteiger partial charge in [0.1, 0.15) is 12.9 Å². The van der Waals surface area contributed by atoms with Gasteiger partial charge in [0.15, 0.2) is 22.7 Å². The molecule has 34 heavy (non-hydrogen) atoms. The number of rotatable bonds is 9. The van der Waals surface area contributed by atoms with Gasteiger partial charge in [-0.1, -0.05) is 35.0 Å². The molecule has 0 spiro atoms. The minimum atomic E-state index is -0.428. The number of fused-ring (bicyclic) bond motifs is 1. The molecule has 0 atom stereocenters. The molecule has 0 fully saturated rings. The van der Waals surface area contributed by atoms with Gasteiger partial charge in [0.25, 0.3) is 5.56 Å². The maximum Gasteiger partial charge on any atom is 0.283 e. The van der Waals surface area contributed by atoms with Crippen molar-refractivity contribution in [2.75, 3.05) is 20.8 Å². The van der Waals surface area contributed by atoms with E-state index in [0.29, 0.717) is 41.7 Å². The predicted molar refractivity (Wildman–Crippen MR) is 126 cm³/mol. The van der Waals surface area contributed by atoms with E-state index in [2.05, 4.69) is 20.6 Å². The number of nitrogens with one attached hydrogen (secondary N) is 1. The van der Waals surface area contributed by atoms with Gasteiger partial charge in [-0.3, -0.25) is 14.2 Å². The monoisotopic (exact) mass is 482 g/mol. The van der Waals surface area contributed by atoms with Crippen LogP contribution in [0.2, 0.25) is 5.02 Å². The van der Waals surface area contributed by atoms with Gasteiger partial charge in [0.05, 0.1) is 20.8 Å². The van der Waals surface area contributed by atoms with Gasteiger partial charge < -0.3 is 14.8 Å². The van der Waals surface area contributed by atoms with Crippen LogP contribution in [0.1, 0.15) is 11.1 Å². The second kappa shape index (κ2) is 10.3. The van der Waals surface area contributed by atoms with E-state index in [1.54, 1.807) is 26.4 Å². The van der Waals surface area contributed by atoms with E-state index in [1.807, 2.05) is 30.3 Å². The molecule has 0 aliphatic heterocycles. The van der Waals surface area contributed by atoms with Crippen LogP contribution in [0.15, 0.2) is 53.6 Å². The van der Waals surface area contributed by atoms with Crippen LogP contribution in [0.5, 0.6) is 11.5 Å². The highest BCUT2D eigenvalue weighted by atomic mass is 35.5. The summed E-state index contributed by atoms with van der Waals surface area (Å²) in [5.41, 5.74) is 1.95. The fourth-order valence-corrected chi connectivity index (χ4v) is 3.59. The Morgan fingerprint density at radius 3 is 2.53 bits per heavy atom. The summed E-state index contributed by atoms with van der Waals surface area (Å²) in [7, 11) is 3.15. The van der Waals surface area contributed by atoms with Crippen molar-refractivity contribution in [2.24, 2.45) is 0 Å². The number of carbonyl (C=O) groups excluding carboxylic acids is 1. The summed E-state index contributed by atoms with van der Waals surface area (Å²) in [5.74, 6) is 0.960. The molecule has 176 valence electrons. The van der Waals surface area contributed by atoms with Crippen LogP contribution < -0.4 is 20.3 Å². The fraction of sp³-hybridized carbons (Fsp3) is 0.261. The van der Waals surface area contributed by atoms with E-state index in [0.717, 1.165) is 11.1 Å². The first-order valence-corrected chi connectivity index (χ1v) is 10.9. The zero-order chi connectivity index (χ0) is 24.1. The van der Waals surface area contributed by atoms with Gasteiger partial charge in [-0.2, -0.15) is 0 Å². The first-order valence-electron chi connectivity index (χ1n) is 10.5. The molecule has 0 saturated carbocycles. The number of nitrogens with zero attached hydrogens (tertiary/aromatic N) is 5. The topological polar surface area (TPSA) is 113 Å². The van der Waals surface area contributed by atoms with E-state index in [9.17, 15) is 9.59 Å². The molecule has 0 radical (unpaired) electrons. The first kappa shape index (κ1) is 23.2. The largest absolute Gasteiger partial charge is 0.493 e. The molecule has 2 aromatic carbocycles. The molecule has 2 aromatic heterocycles. The van der Waals surface area contributed by atoms with E-state index in [4.69, 9.17) is 21.1 Å². The van der Waals surface area contributed by atoms with E-state index >= 15 is 0 Å². The van der Waals surface area contributed by atoms with Crippen LogP contribution in [0, 0.1) is 0 Å². The Morgan fingerprint density at radius 1 is 1.06 bits per heavy atom. The minimum absolute atomic E-state index is 0.106. The second-order valence-electron chi connectivity index (χ2n) is 7.51. The Bertz CT molecular complexity index is 1370. The molecule has 10 nitrogen and oxygen atoms in total. The number of carbonyl (C=O) groups is 1. The zero-order valence-corrected chi connectivity index (χ0v) is 19.5. The molecule has 0 bridgehead atoms. The summed E-state index contributed by atoms with van der Waals surface area (Å²) in [5, 5.41) is 11.5. The number of hydrogen-bond acceptors (Lipinski definition) is 7. The second-order valence-corrected chi connectivity index (χ2v) is 7.95. The van der Waals surface area contributed by atoms with Crippen LogP contribution in [0.25, 0.3) is 11.2 Å². The number of amides is 1. The van der Waals surface area contributed by atoms with Crippen molar-refractivity contribution < 1.29 is 14.3 Å². The lowest BCUT2D eigenvalue weighted by atomic mass is 10.1. The molecular weight excluding hydrogens is 460 g/mol. The number of methoxy groups -OCH3 is 2. The average molecular weight is 483 g/mol. The number of aromatic nitrogens is 5. The van der Waals surface area contributed by atoms with Crippen molar-refractivity contribution in [2.45, 2.75) is 19.5 Å². The zero-order valence-electron chi connectivity index (χ0n) is 18.7. The Labute approximate surface area is 200 Å². The summed E-state index contributed by atoms with van der Waals surface area (Å²) < 4.78 is 13.3. The Hall–Kier alpha value is -3.92. The quantitative estimate of drug-likeness (QED) is 0.388. The number of benzene rings is 2. The minimum Gasteiger partial charge on any atom is -0.493 e. The lowest BCUT2D eigenvalue weighted by Crippen LogP contribution is -2.33. The Kier molecular flexibility index (Phi) is 7.07. The van der Waals surface area contributed by atoms with Gasteiger partial charge in [0.2, 0.25) is 5.91 Å². The van der Waals surface area contributed by atoms with E-state index < -0.39 is 5.56 Å². The van der Waals surface area contributed by atoms with Crippen molar-refractivity contribution >= 4 is 28.7 Å². The molecular formula is C23H23ClN6O4. The van der Waals surface area contributed by atoms with Crippen molar-refractivity contribution in [1.82, 2.24) is 29.9 Å². The highest BCUT2D eigenvalue weighted by molar-refractivity contribution is 6.30. The van der Waals surface area contributed by atoms with Crippen LogP contribution in [0.4, 0.5) is 0 Å². The highest BCUT2D eigenvalue weighted by Gasteiger charge is 2.14. The third kappa shape index (κ3) is 5.18. The summed E-state index contributed by atoms with van der Waals surface area (Å²) in [6.07, 6.45) is 1.93. The molecule has 1 N–H and O–H groups in total. The molecule has 4 aromatic rings. The summed E-state index contributed by atoms with van der Waals surface area (Å²) in [4.78, 5) is 29.5. The van der Waals surface area contributed by atoms with E-state index in [-0.39, 0.29) is 18.0 Å². The Morgan fingerprint density at radius 2 is 1.79 bits per heavy atom. The molecule has 4 rings (SSSR count). The summed E-state index contributed by atoms with van der Waals surface area (Å²) in [6, 6.07) is 12.9. The van der Waals surface area contributed by atoms with Crippen molar-refractivity contribution in [3.8, 4) is 11.5 Å². The molecule has 0 saturated heterocycles. The van der Waals surface area contributed by atoms with Gasteiger partial charge in [-0.25, -0.2) is 9.67 Å². The molecule has 2 heterocycles. The Balaban J connectivity index is 1.38. The third-order valence-electron chi connectivity index (χ3n) is 5.24. The fourth-order valence-electron chi connectivity index (χ4n) is 3.46. The van der Waals surface area contributed by atoms with Gasteiger partial charge in [0, 0.05) is 11.6 Å². The molecule has 0 unspecified atom stereocenters. The highest BCUT2D eigenvalue weighted by Crippen LogP contribution is 2.27. The molecule has 11 heteroatoms. The van der Waals surface area contributed by atoms with Crippen molar-refractivity contribution in [3.63, 3.8) is 0 Å². The maximum atomic E-state index is 12.8. The molecule has 0 aliphatic carbocycles. The third-order valence-corrected chi connectivity index (χ3v) is 5.49. The van der Waals surface area contributed by atoms with Crippen molar-refractivity contribution in [3.05, 3.63) is 75.3 Å². The van der Waals surface area contributed by atoms with Gasteiger partial charge in [-0.15, -0.1) is 5.10 Å². The summed E-state index contributed by atoms with van der Waals surface area (Å²) >= 11 is 5.92. The van der Waals surface area contributed by atoms with Crippen LogP contribution >= 0.6 is 11.6 Å². The van der Waals surface area contributed by atoms with Gasteiger partial charge >= 0.3 is 0 Å². The van der Waals surface area contributed by atoms with Gasteiger partial charge in [-0.05, 0) is 41.8 Å². The van der Waals surface area contributed by atoms with E-state index in [1.165, 1.54) is 15.6 Å². The molecule has 1 amide bonds. The smallest absolute Gasteiger partial charge is 0.283 e. The standard InChI is InChI=1S/C23H23ClN6O4/c1-33-18-8-5-15(11-19(18)34-2)9-10-25-20(31)13-29-14-26-22-21(23(29)32)27-28-30(22)12-16-3-6-17(24)7-4-16/h3-8,11,14H,9-10,12-13H2,1-2H3,(H,25,31). The van der Waals surface area contributed by atoms with Crippen molar-refractivity contribution in [1.29, 1.82) is 0 Å². The number of hydrogen-bond donors (Lipinski definition) is 1. The number of halogens is 1. The molecule has 0 aliphatic rings. The van der Waals surface area contributed by atoms with Crippen LogP contribution in [-0.4, -0.2) is 51.2 Å². The lowest BCUT2D eigenvalue weighted by Gasteiger charge is -2.10. The van der Waals surface area contributed by atoms with Crippen LogP contribution in [0.3, 0.4) is 0 Å². The predicted octanol–water partition coefficient (Wildman–Crippen LogP) is 2.07. The van der Waals surface area contributed by atoms with Crippen LogP contribution in [-0.2, 0) is 24.3 Å². The normalized spacial score (nSPS) is 10.9. The SMILES string of the molecule is COc1ccc(CCNC(=O)Cn2cnc3c(nnn3Cc3ccc(Cl)cc3)c2=O)cc1OC.